The van der Waals surface area contributed by atoms with Crippen molar-refractivity contribution in [3.05, 3.63) is 29.6 Å². The second kappa shape index (κ2) is 6.65. The van der Waals surface area contributed by atoms with Gasteiger partial charge in [-0.05, 0) is 44.0 Å². The Kier molecular flexibility index (Phi) is 5.73. The first-order valence-corrected chi connectivity index (χ1v) is 7.46. The molecule has 1 aromatic rings. The van der Waals surface area contributed by atoms with Crippen LogP contribution in [0.5, 0.6) is 0 Å². The van der Waals surface area contributed by atoms with E-state index >= 15 is 0 Å². The Bertz CT molecular complexity index is 531. The highest BCUT2D eigenvalue weighted by molar-refractivity contribution is 7.89. The summed E-state index contributed by atoms with van der Waals surface area (Å²) in [5.41, 5.74) is 0.718. The molecule has 1 heterocycles. The van der Waals surface area contributed by atoms with Crippen LogP contribution in [-0.2, 0) is 10.0 Å². The van der Waals surface area contributed by atoms with Crippen molar-refractivity contribution in [2.24, 2.45) is 0 Å². The third-order valence-electron chi connectivity index (χ3n) is 3.06. The molecule has 1 fully saturated rings. The van der Waals surface area contributed by atoms with E-state index in [9.17, 15) is 12.8 Å². The van der Waals surface area contributed by atoms with Crippen LogP contribution in [0.4, 0.5) is 4.39 Å². The van der Waals surface area contributed by atoms with Crippen molar-refractivity contribution >= 4 is 22.4 Å². The van der Waals surface area contributed by atoms with E-state index in [1.54, 1.807) is 13.0 Å². The van der Waals surface area contributed by atoms with Crippen molar-refractivity contribution in [1.29, 1.82) is 0 Å². The van der Waals surface area contributed by atoms with Crippen LogP contribution in [0.2, 0.25) is 0 Å². The van der Waals surface area contributed by atoms with Gasteiger partial charge in [0.15, 0.2) is 0 Å². The molecule has 2 N–H and O–H groups in total. The van der Waals surface area contributed by atoms with Gasteiger partial charge in [-0.25, -0.2) is 17.5 Å². The quantitative estimate of drug-likeness (QED) is 0.888. The van der Waals surface area contributed by atoms with Gasteiger partial charge in [0.25, 0.3) is 0 Å². The van der Waals surface area contributed by atoms with Gasteiger partial charge in [-0.2, -0.15) is 0 Å². The van der Waals surface area contributed by atoms with Gasteiger partial charge in [-0.1, -0.05) is 6.07 Å². The molecule has 19 heavy (non-hydrogen) atoms. The van der Waals surface area contributed by atoms with Gasteiger partial charge in [0.1, 0.15) is 10.7 Å². The number of rotatable bonds is 4. The van der Waals surface area contributed by atoms with Crippen molar-refractivity contribution in [3.63, 3.8) is 0 Å². The summed E-state index contributed by atoms with van der Waals surface area (Å²) in [5.74, 6) is -0.715. The predicted octanol–water partition coefficient (Wildman–Crippen LogP) is 1.59. The van der Waals surface area contributed by atoms with Gasteiger partial charge in [-0.3, -0.25) is 0 Å². The average Bonchev–Trinajstić information content (AvgIpc) is 2.83. The molecule has 4 nitrogen and oxygen atoms in total. The van der Waals surface area contributed by atoms with Crippen LogP contribution < -0.4 is 10.0 Å². The Labute approximate surface area is 119 Å². The summed E-state index contributed by atoms with van der Waals surface area (Å²) in [4.78, 5) is -0.277. The van der Waals surface area contributed by atoms with Crippen molar-refractivity contribution in [2.45, 2.75) is 30.7 Å². The zero-order chi connectivity index (χ0) is 13.2. The fourth-order valence-electron chi connectivity index (χ4n) is 2.04. The second-order valence-electron chi connectivity index (χ2n) is 4.58. The molecule has 1 aliphatic heterocycles. The largest absolute Gasteiger partial charge is 0.313 e. The molecule has 0 aromatic heterocycles. The highest BCUT2D eigenvalue weighted by Crippen LogP contribution is 2.16. The molecular weight excluding hydrogens is 291 g/mol. The SMILES string of the molecule is Cc1ccc(F)c(S(=O)(=O)NCC2CCCN2)c1.Cl. The first kappa shape index (κ1) is 16.4. The topological polar surface area (TPSA) is 58.2 Å². The standard InChI is InChI=1S/C12H17FN2O2S.ClH/c1-9-4-5-11(13)12(7-9)18(16,17)15-8-10-3-2-6-14-10;/h4-5,7,10,14-15H,2-3,6,8H2,1H3;1H. The molecule has 0 bridgehead atoms. The van der Waals surface area contributed by atoms with Gasteiger partial charge in [-0.15, -0.1) is 12.4 Å². The van der Waals surface area contributed by atoms with Gasteiger partial charge < -0.3 is 5.32 Å². The molecule has 1 atom stereocenters. The number of hydrogen-bond donors (Lipinski definition) is 2. The highest BCUT2D eigenvalue weighted by Gasteiger charge is 2.21. The van der Waals surface area contributed by atoms with E-state index in [-0.39, 0.29) is 23.3 Å². The molecule has 1 saturated heterocycles. The lowest BCUT2D eigenvalue weighted by atomic mass is 10.2. The van der Waals surface area contributed by atoms with Crippen molar-refractivity contribution in [2.75, 3.05) is 13.1 Å². The fraction of sp³-hybridized carbons (Fsp3) is 0.500. The molecule has 1 aliphatic rings. The minimum atomic E-state index is -3.77. The average molecular weight is 309 g/mol. The minimum Gasteiger partial charge on any atom is -0.313 e. The number of aryl methyl sites for hydroxylation is 1. The third-order valence-corrected chi connectivity index (χ3v) is 4.50. The molecule has 108 valence electrons. The van der Waals surface area contributed by atoms with Crippen molar-refractivity contribution < 1.29 is 12.8 Å². The molecule has 0 aliphatic carbocycles. The molecule has 0 amide bonds. The lowest BCUT2D eigenvalue weighted by molar-refractivity contribution is 0.538. The van der Waals surface area contributed by atoms with Gasteiger partial charge >= 0.3 is 0 Å². The first-order valence-electron chi connectivity index (χ1n) is 5.98. The van der Waals surface area contributed by atoms with E-state index in [2.05, 4.69) is 10.0 Å². The van der Waals surface area contributed by atoms with Crippen LogP contribution in [0.3, 0.4) is 0 Å². The lowest BCUT2D eigenvalue weighted by Gasteiger charge is -2.12. The summed E-state index contributed by atoms with van der Waals surface area (Å²) in [6.07, 6.45) is 1.99. The molecule has 1 aromatic carbocycles. The summed E-state index contributed by atoms with van der Waals surface area (Å²) in [5, 5.41) is 3.19. The Morgan fingerprint density at radius 3 is 2.84 bits per heavy atom. The molecular formula is C12H18ClFN2O2S. The van der Waals surface area contributed by atoms with Crippen LogP contribution in [0.25, 0.3) is 0 Å². The summed E-state index contributed by atoms with van der Waals surface area (Å²) in [6, 6.07) is 4.22. The number of halogens is 2. The smallest absolute Gasteiger partial charge is 0.243 e. The zero-order valence-corrected chi connectivity index (χ0v) is 12.3. The minimum absolute atomic E-state index is 0. The maximum Gasteiger partial charge on any atom is 0.243 e. The fourth-order valence-corrected chi connectivity index (χ4v) is 3.28. The van der Waals surface area contributed by atoms with E-state index < -0.39 is 15.8 Å². The Morgan fingerprint density at radius 1 is 1.47 bits per heavy atom. The van der Waals surface area contributed by atoms with Gasteiger partial charge in [0, 0.05) is 12.6 Å². The van der Waals surface area contributed by atoms with E-state index in [0.717, 1.165) is 24.9 Å². The number of nitrogens with one attached hydrogen (secondary N) is 2. The van der Waals surface area contributed by atoms with Crippen LogP contribution in [0.15, 0.2) is 23.1 Å². The molecule has 7 heteroatoms. The van der Waals surface area contributed by atoms with E-state index in [4.69, 9.17) is 0 Å². The van der Waals surface area contributed by atoms with Crippen molar-refractivity contribution in [1.82, 2.24) is 10.0 Å². The van der Waals surface area contributed by atoms with Crippen LogP contribution in [0, 0.1) is 12.7 Å². The maximum absolute atomic E-state index is 13.5. The number of hydrogen-bond acceptors (Lipinski definition) is 3. The van der Waals surface area contributed by atoms with E-state index in [1.165, 1.54) is 12.1 Å². The molecule has 0 radical (unpaired) electrons. The summed E-state index contributed by atoms with van der Waals surface area (Å²) < 4.78 is 40.0. The number of benzene rings is 1. The number of sulfonamides is 1. The van der Waals surface area contributed by atoms with Crippen LogP contribution >= 0.6 is 12.4 Å². The second-order valence-corrected chi connectivity index (χ2v) is 6.31. The monoisotopic (exact) mass is 308 g/mol. The Balaban J connectivity index is 0.00000180. The Hall–Kier alpha value is -0.690. The zero-order valence-electron chi connectivity index (χ0n) is 10.6. The lowest BCUT2D eigenvalue weighted by Crippen LogP contribution is -2.37. The highest BCUT2D eigenvalue weighted by atomic mass is 35.5. The van der Waals surface area contributed by atoms with Crippen LogP contribution in [0.1, 0.15) is 18.4 Å². The normalized spacial score (nSPS) is 19.2. The van der Waals surface area contributed by atoms with Gasteiger partial charge in [0.2, 0.25) is 10.0 Å². The van der Waals surface area contributed by atoms with Crippen molar-refractivity contribution in [3.8, 4) is 0 Å². The van der Waals surface area contributed by atoms with Crippen LogP contribution in [-0.4, -0.2) is 27.5 Å². The molecule has 0 spiro atoms. The summed E-state index contributed by atoms with van der Waals surface area (Å²) in [7, 11) is -3.77. The maximum atomic E-state index is 13.5. The molecule has 1 unspecified atom stereocenters. The molecule has 2 rings (SSSR count). The van der Waals surface area contributed by atoms with Gasteiger partial charge in [0.05, 0.1) is 0 Å². The first-order chi connectivity index (χ1) is 8.49. The van der Waals surface area contributed by atoms with E-state index in [1.807, 2.05) is 0 Å². The Morgan fingerprint density at radius 2 is 2.21 bits per heavy atom. The summed E-state index contributed by atoms with van der Waals surface area (Å²) >= 11 is 0. The molecule has 0 saturated carbocycles. The predicted molar refractivity (Wildman–Crippen MR) is 74.6 cm³/mol. The third kappa shape index (κ3) is 4.14. The van der Waals surface area contributed by atoms with E-state index in [0.29, 0.717) is 6.54 Å². The summed E-state index contributed by atoms with van der Waals surface area (Å²) in [6.45, 7) is 2.94.